The number of ether oxygens (including phenoxy) is 1. The molecule has 0 heterocycles. The summed E-state index contributed by atoms with van der Waals surface area (Å²) in [6, 6.07) is 2.14. The van der Waals surface area contributed by atoms with Gasteiger partial charge in [0, 0.05) is 22.8 Å². The summed E-state index contributed by atoms with van der Waals surface area (Å²) in [6.07, 6.45) is 9.69. The van der Waals surface area contributed by atoms with Crippen LogP contribution in [0.1, 0.15) is 79.6 Å². The predicted molar refractivity (Wildman–Crippen MR) is 136 cm³/mol. The molecule has 5 aliphatic carbocycles. The highest BCUT2D eigenvalue weighted by Crippen LogP contribution is 2.68. The standard InChI is InChI=1S/C30H40N2O4/c1-17-19-7-9-28(4)20-8-10-30(32-26(35)36-6)12-11-27(2,3)15-21(30)24(20)22(33)13-23(28)29(19,5)14-18(16-31)25(17)34/h13-14,17,19-21,24H,7-12,15H2,1-6H3,(H,32,35). The summed E-state index contributed by atoms with van der Waals surface area (Å²) in [4.78, 5) is 39.4. The zero-order chi connectivity index (χ0) is 26.3. The van der Waals surface area contributed by atoms with Gasteiger partial charge >= 0.3 is 6.09 Å². The van der Waals surface area contributed by atoms with Gasteiger partial charge in [-0.2, -0.15) is 5.26 Å². The topological polar surface area (TPSA) is 96.3 Å². The Hall–Kier alpha value is -2.42. The number of rotatable bonds is 1. The van der Waals surface area contributed by atoms with E-state index in [2.05, 4.69) is 39.1 Å². The van der Waals surface area contributed by atoms with Gasteiger partial charge in [-0.3, -0.25) is 9.59 Å². The number of nitrogens with zero attached hydrogens (tertiary/aromatic N) is 1. The maximum atomic E-state index is 14.1. The maximum Gasteiger partial charge on any atom is 0.407 e. The summed E-state index contributed by atoms with van der Waals surface area (Å²) < 4.78 is 5.02. The average molecular weight is 493 g/mol. The van der Waals surface area contributed by atoms with Gasteiger partial charge in [0.25, 0.3) is 0 Å². The minimum Gasteiger partial charge on any atom is -0.453 e. The Labute approximate surface area is 214 Å². The van der Waals surface area contributed by atoms with Crippen molar-refractivity contribution < 1.29 is 19.1 Å². The Bertz CT molecular complexity index is 1130. The Morgan fingerprint density at radius 3 is 2.42 bits per heavy atom. The molecule has 6 nitrogen and oxygen atoms in total. The van der Waals surface area contributed by atoms with Crippen LogP contribution in [-0.2, 0) is 14.3 Å². The van der Waals surface area contributed by atoms with E-state index in [1.54, 1.807) is 0 Å². The molecule has 0 aromatic carbocycles. The van der Waals surface area contributed by atoms with Gasteiger partial charge in [-0.05, 0) is 79.6 Å². The van der Waals surface area contributed by atoms with Gasteiger partial charge in [0.05, 0.1) is 12.7 Å². The van der Waals surface area contributed by atoms with Crippen molar-refractivity contribution >= 4 is 17.7 Å². The molecule has 8 atom stereocenters. The van der Waals surface area contributed by atoms with Crippen LogP contribution in [0.3, 0.4) is 0 Å². The van der Waals surface area contributed by atoms with E-state index in [-0.39, 0.29) is 57.6 Å². The molecule has 0 spiro atoms. The summed E-state index contributed by atoms with van der Waals surface area (Å²) in [6.45, 7) is 11.0. The third kappa shape index (κ3) is 3.37. The first-order valence-corrected chi connectivity index (χ1v) is 13.6. The van der Waals surface area contributed by atoms with E-state index in [1.165, 1.54) is 7.11 Å². The van der Waals surface area contributed by atoms with Gasteiger partial charge in [-0.1, -0.05) is 46.3 Å². The lowest BCUT2D eigenvalue weighted by Crippen LogP contribution is -2.66. The van der Waals surface area contributed by atoms with Gasteiger partial charge in [0.15, 0.2) is 11.6 Å². The number of carbonyl (C=O) groups excluding carboxylic acids is 3. The minimum absolute atomic E-state index is 0.0591. The van der Waals surface area contributed by atoms with Crippen molar-refractivity contribution in [1.82, 2.24) is 5.32 Å². The number of amides is 1. The zero-order valence-electron chi connectivity index (χ0n) is 22.6. The molecule has 3 saturated carbocycles. The Morgan fingerprint density at radius 2 is 1.75 bits per heavy atom. The molecular weight excluding hydrogens is 452 g/mol. The summed E-state index contributed by atoms with van der Waals surface area (Å²) in [7, 11) is 1.40. The lowest BCUT2D eigenvalue weighted by Gasteiger charge is -2.64. The molecular formula is C30H40N2O4. The largest absolute Gasteiger partial charge is 0.453 e. The summed E-state index contributed by atoms with van der Waals surface area (Å²) in [5.74, 6) is 0.0593. The van der Waals surface area contributed by atoms with Crippen LogP contribution in [0.2, 0.25) is 0 Å². The molecule has 6 heteroatoms. The normalized spacial score (nSPS) is 45.0. The van der Waals surface area contributed by atoms with Crippen molar-refractivity contribution in [2.24, 2.45) is 45.8 Å². The smallest absolute Gasteiger partial charge is 0.407 e. The van der Waals surface area contributed by atoms with Crippen LogP contribution in [-0.4, -0.2) is 30.3 Å². The minimum atomic E-state index is -0.476. The van der Waals surface area contributed by atoms with E-state index in [0.717, 1.165) is 50.5 Å². The molecule has 194 valence electrons. The summed E-state index contributed by atoms with van der Waals surface area (Å²) in [5, 5.41) is 12.9. The van der Waals surface area contributed by atoms with Crippen LogP contribution in [0.5, 0.6) is 0 Å². The number of nitriles is 1. The maximum absolute atomic E-state index is 14.1. The number of alkyl carbamates (subject to hydrolysis) is 1. The van der Waals surface area contributed by atoms with E-state index in [1.807, 2.05) is 19.1 Å². The van der Waals surface area contributed by atoms with Crippen molar-refractivity contribution in [3.05, 3.63) is 23.3 Å². The predicted octanol–water partition coefficient (Wildman–Crippen LogP) is 5.53. The summed E-state index contributed by atoms with van der Waals surface area (Å²) in [5.41, 5.74) is 0.387. The lowest BCUT2D eigenvalue weighted by atomic mass is 9.40. The number of hydrogen-bond donors (Lipinski definition) is 1. The van der Waals surface area contributed by atoms with E-state index >= 15 is 0 Å². The van der Waals surface area contributed by atoms with Crippen molar-refractivity contribution in [1.29, 1.82) is 5.26 Å². The van der Waals surface area contributed by atoms with Crippen LogP contribution < -0.4 is 5.32 Å². The quantitative estimate of drug-likeness (QED) is 0.519. The fraction of sp³-hybridized carbons (Fsp3) is 0.733. The van der Waals surface area contributed by atoms with Crippen molar-refractivity contribution in [2.75, 3.05) is 7.11 Å². The second kappa shape index (κ2) is 8.04. The second-order valence-electron chi connectivity index (χ2n) is 13.5. The van der Waals surface area contributed by atoms with Gasteiger partial charge in [-0.25, -0.2) is 4.79 Å². The fourth-order valence-electron chi connectivity index (χ4n) is 9.37. The fourth-order valence-corrected chi connectivity index (χ4v) is 9.37. The number of methoxy groups -OCH3 is 1. The highest BCUT2D eigenvalue weighted by Gasteiger charge is 2.64. The first-order chi connectivity index (χ1) is 16.8. The monoisotopic (exact) mass is 492 g/mol. The lowest BCUT2D eigenvalue weighted by molar-refractivity contribution is -0.139. The highest BCUT2D eigenvalue weighted by atomic mass is 16.5. The molecule has 3 fully saturated rings. The first-order valence-electron chi connectivity index (χ1n) is 13.6. The van der Waals surface area contributed by atoms with Crippen molar-refractivity contribution in [2.45, 2.75) is 85.1 Å². The third-order valence-electron chi connectivity index (χ3n) is 11.3. The Balaban J connectivity index is 1.62. The van der Waals surface area contributed by atoms with Crippen LogP contribution in [0.4, 0.5) is 4.79 Å². The van der Waals surface area contributed by atoms with Crippen molar-refractivity contribution in [3.63, 3.8) is 0 Å². The van der Waals surface area contributed by atoms with Crippen LogP contribution in [0, 0.1) is 57.2 Å². The SMILES string of the molecule is COC(=O)NC12CCC3C(C(=O)C=C4C5(C)C=C(C#N)C(=O)C(C)C5CCC43C)C1CC(C)(C)CC2. The molecule has 36 heavy (non-hydrogen) atoms. The number of nitrogens with one attached hydrogen (secondary N) is 1. The van der Waals surface area contributed by atoms with E-state index in [0.29, 0.717) is 0 Å². The Kier molecular flexibility index (Phi) is 5.64. The van der Waals surface area contributed by atoms with Gasteiger partial charge in [-0.15, -0.1) is 0 Å². The average Bonchev–Trinajstić information content (AvgIpc) is 2.82. The van der Waals surface area contributed by atoms with Crippen LogP contribution in [0.15, 0.2) is 23.3 Å². The molecule has 0 bridgehead atoms. The molecule has 0 aromatic rings. The zero-order valence-corrected chi connectivity index (χ0v) is 22.6. The molecule has 0 aliphatic heterocycles. The summed E-state index contributed by atoms with van der Waals surface area (Å²) >= 11 is 0. The number of allylic oxidation sites excluding steroid dienone is 4. The van der Waals surface area contributed by atoms with E-state index in [9.17, 15) is 19.6 Å². The number of hydrogen-bond acceptors (Lipinski definition) is 5. The molecule has 5 rings (SSSR count). The van der Waals surface area contributed by atoms with Gasteiger partial charge < -0.3 is 10.1 Å². The third-order valence-corrected chi connectivity index (χ3v) is 11.3. The van der Waals surface area contributed by atoms with Gasteiger partial charge in [0.1, 0.15) is 6.07 Å². The van der Waals surface area contributed by atoms with E-state index < -0.39 is 17.0 Å². The van der Waals surface area contributed by atoms with Crippen LogP contribution >= 0.6 is 0 Å². The van der Waals surface area contributed by atoms with Crippen molar-refractivity contribution in [3.8, 4) is 6.07 Å². The first kappa shape index (κ1) is 25.2. The molecule has 1 amide bonds. The second-order valence-corrected chi connectivity index (χ2v) is 13.5. The highest BCUT2D eigenvalue weighted by molar-refractivity contribution is 6.02. The molecule has 8 unspecified atom stereocenters. The number of carbonyl (C=O) groups is 3. The number of fused-ring (bicyclic) bond motifs is 7. The van der Waals surface area contributed by atoms with Crippen LogP contribution in [0.25, 0.3) is 0 Å². The molecule has 1 N–H and O–H groups in total. The van der Waals surface area contributed by atoms with E-state index in [4.69, 9.17) is 4.74 Å². The molecule has 0 aromatic heterocycles. The molecule has 5 aliphatic rings. The molecule has 0 saturated heterocycles. The Morgan fingerprint density at radius 1 is 1.06 bits per heavy atom. The van der Waals surface area contributed by atoms with Gasteiger partial charge in [0.2, 0.25) is 0 Å². The number of Topliss-reactive ketones (excluding diaryl/α,β-unsaturated/α-hetero) is 1. The molecule has 0 radical (unpaired) electrons. The number of ketones is 2.